The lowest BCUT2D eigenvalue weighted by molar-refractivity contribution is 0.0783. The maximum atomic E-state index is 13.4. The smallest absolute Gasteiger partial charge is 0.259 e. The molecule has 0 radical (unpaired) electrons. The summed E-state index contributed by atoms with van der Waals surface area (Å²) in [6.07, 6.45) is 6.14. The Kier molecular flexibility index (Phi) is 6.91. The van der Waals surface area contributed by atoms with Crippen LogP contribution in [-0.2, 0) is 13.1 Å². The van der Waals surface area contributed by atoms with Crippen LogP contribution in [0.15, 0.2) is 82.9 Å². The molecule has 178 valence electrons. The first kappa shape index (κ1) is 23.7. The van der Waals surface area contributed by atoms with Crippen molar-refractivity contribution in [1.82, 2.24) is 19.8 Å². The maximum absolute atomic E-state index is 13.4. The Labute approximate surface area is 202 Å². The highest BCUT2D eigenvalue weighted by atomic mass is 16.3. The summed E-state index contributed by atoms with van der Waals surface area (Å²) in [7, 11) is 1.63. The molecule has 4 rings (SSSR count). The number of hydrogen-bond donors (Lipinski definition) is 1. The van der Waals surface area contributed by atoms with Crippen LogP contribution in [0.2, 0.25) is 0 Å². The van der Waals surface area contributed by atoms with E-state index in [0.717, 1.165) is 22.2 Å². The van der Waals surface area contributed by atoms with Crippen LogP contribution in [0.3, 0.4) is 0 Å². The number of aryl methyl sites for hydroxylation is 1. The van der Waals surface area contributed by atoms with Crippen molar-refractivity contribution in [3.8, 4) is 0 Å². The molecular formula is C27H26N4O4. The first-order valence-corrected chi connectivity index (χ1v) is 11.1. The topological polar surface area (TPSA) is 97.4 Å². The Hall–Kier alpha value is -4.46. The molecule has 3 aromatic heterocycles. The Balaban J connectivity index is 1.69. The molecule has 3 heterocycles. The first-order valence-electron chi connectivity index (χ1n) is 11.1. The average molecular weight is 471 g/mol. The summed E-state index contributed by atoms with van der Waals surface area (Å²) in [5, 5.41) is 3.54. The molecule has 1 N–H and O–H groups in total. The summed E-state index contributed by atoms with van der Waals surface area (Å²) < 4.78 is 7.25. The van der Waals surface area contributed by atoms with E-state index in [9.17, 15) is 14.4 Å². The van der Waals surface area contributed by atoms with Gasteiger partial charge in [-0.1, -0.05) is 24.3 Å². The van der Waals surface area contributed by atoms with E-state index in [1.807, 2.05) is 49.4 Å². The van der Waals surface area contributed by atoms with Crippen molar-refractivity contribution in [3.05, 3.63) is 112 Å². The molecule has 0 unspecified atom stereocenters. The van der Waals surface area contributed by atoms with E-state index in [4.69, 9.17) is 4.42 Å². The fourth-order valence-corrected chi connectivity index (χ4v) is 3.88. The van der Waals surface area contributed by atoms with Crippen molar-refractivity contribution in [3.63, 3.8) is 0 Å². The summed E-state index contributed by atoms with van der Waals surface area (Å²) in [6, 6.07) is 13.1. The van der Waals surface area contributed by atoms with Gasteiger partial charge in [0.25, 0.3) is 11.8 Å². The molecule has 0 atom stereocenters. The molecule has 0 fully saturated rings. The largest absolute Gasteiger partial charge is 0.464 e. The van der Waals surface area contributed by atoms with Crippen LogP contribution < -0.4 is 10.7 Å². The van der Waals surface area contributed by atoms with Crippen molar-refractivity contribution in [2.75, 3.05) is 13.6 Å². The Bertz CT molecular complexity index is 1460. The molecule has 8 nitrogen and oxygen atoms in total. The van der Waals surface area contributed by atoms with Gasteiger partial charge in [-0.05, 0) is 36.8 Å². The van der Waals surface area contributed by atoms with E-state index in [-0.39, 0.29) is 30.8 Å². The molecule has 0 spiro atoms. The van der Waals surface area contributed by atoms with E-state index < -0.39 is 17.2 Å². The number of carbonyl (C=O) groups excluding carboxylic acids is 2. The number of nitrogens with one attached hydrogen (secondary N) is 1. The van der Waals surface area contributed by atoms with Gasteiger partial charge in [0.05, 0.1) is 12.1 Å². The number of furan rings is 1. The second-order valence-corrected chi connectivity index (χ2v) is 8.25. The summed E-state index contributed by atoms with van der Waals surface area (Å²) >= 11 is 0. The molecule has 0 bridgehead atoms. The van der Waals surface area contributed by atoms with Crippen molar-refractivity contribution in [2.45, 2.75) is 20.0 Å². The summed E-state index contributed by atoms with van der Waals surface area (Å²) in [4.78, 5) is 45.2. The molecule has 0 aliphatic rings. The van der Waals surface area contributed by atoms with Crippen LogP contribution in [0.4, 0.5) is 0 Å². The van der Waals surface area contributed by atoms with Gasteiger partial charge >= 0.3 is 0 Å². The molecule has 0 saturated carbocycles. The molecule has 4 aromatic rings. The van der Waals surface area contributed by atoms with Gasteiger partial charge in [0, 0.05) is 44.1 Å². The van der Waals surface area contributed by atoms with Gasteiger partial charge in [0.2, 0.25) is 5.43 Å². The molecule has 0 aliphatic carbocycles. The lowest BCUT2D eigenvalue weighted by Crippen LogP contribution is -2.36. The molecule has 2 amide bonds. The minimum absolute atomic E-state index is 0.0969. The highest BCUT2D eigenvalue weighted by Gasteiger charge is 2.22. The van der Waals surface area contributed by atoms with Gasteiger partial charge < -0.3 is 19.2 Å². The Morgan fingerprint density at radius 1 is 1.14 bits per heavy atom. The number of rotatable bonds is 8. The number of fused-ring (bicyclic) bond motifs is 1. The van der Waals surface area contributed by atoms with Crippen molar-refractivity contribution in [2.24, 2.45) is 0 Å². The zero-order valence-electron chi connectivity index (χ0n) is 19.7. The summed E-state index contributed by atoms with van der Waals surface area (Å²) in [5.41, 5.74) is 0.875. The van der Waals surface area contributed by atoms with E-state index >= 15 is 0 Å². The van der Waals surface area contributed by atoms with Gasteiger partial charge in [-0.15, -0.1) is 6.58 Å². The van der Waals surface area contributed by atoms with Crippen LogP contribution in [0, 0.1) is 6.92 Å². The molecule has 0 saturated heterocycles. The number of nitrogens with zero attached hydrogens (tertiary/aromatic N) is 3. The fraction of sp³-hybridized carbons (Fsp3) is 0.185. The van der Waals surface area contributed by atoms with Crippen molar-refractivity contribution >= 4 is 22.7 Å². The number of amides is 2. The number of pyridine rings is 2. The first-order chi connectivity index (χ1) is 16.9. The monoisotopic (exact) mass is 470 g/mol. The second-order valence-electron chi connectivity index (χ2n) is 8.25. The molecule has 0 aliphatic heterocycles. The second kappa shape index (κ2) is 10.2. The number of carbonyl (C=O) groups is 2. The molecular weight excluding hydrogens is 444 g/mol. The van der Waals surface area contributed by atoms with Crippen LogP contribution in [0.25, 0.3) is 10.9 Å². The van der Waals surface area contributed by atoms with Crippen LogP contribution in [-0.4, -0.2) is 39.9 Å². The minimum atomic E-state index is -0.630. The number of benzene rings is 1. The van der Waals surface area contributed by atoms with E-state index in [2.05, 4.69) is 16.9 Å². The quantitative estimate of drug-likeness (QED) is 0.397. The molecule has 35 heavy (non-hydrogen) atoms. The van der Waals surface area contributed by atoms with Gasteiger partial charge in [-0.3, -0.25) is 19.4 Å². The molecule has 8 heteroatoms. The zero-order chi connectivity index (χ0) is 24.9. The van der Waals surface area contributed by atoms with Gasteiger partial charge in [-0.25, -0.2) is 0 Å². The van der Waals surface area contributed by atoms with Crippen molar-refractivity contribution < 1.29 is 14.0 Å². The number of hydrogen-bond acceptors (Lipinski definition) is 5. The predicted octanol–water partition coefficient (Wildman–Crippen LogP) is 3.53. The van der Waals surface area contributed by atoms with Crippen molar-refractivity contribution in [1.29, 1.82) is 0 Å². The third-order valence-corrected chi connectivity index (χ3v) is 5.59. The average Bonchev–Trinajstić information content (AvgIpc) is 3.27. The Morgan fingerprint density at radius 2 is 1.94 bits per heavy atom. The standard InChI is InChI=1S/C27H26N4O4/c1-4-12-29-26(33)22-16-31(15-20-11-10-18(2)35-20)17-23(25(22)32)27(34)30(3)14-19-7-5-9-24-21(19)8-6-13-28-24/h4-11,13,16-17H,1,12,14-15H2,2-3H3,(H,29,33). The zero-order valence-corrected chi connectivity index (χ0v) is 19.7. The lowest BCUT2D eigenvalue weighted by Gasteiger charge is -2.19. The highest BCUT2D eigenvalue weighted by molar-refractivity contribution is 5.99. The normalized spacial score (nSPS) is 10.8. The lowest BCUT2D eigenvalue weighted by atomic mass is 10.1. The van der Waals surface area contributed by atoms with E-state index in [0.29, 0.717) is 5.76 Å². The van der Waals surface area contributed by atoms with Crippen LogP contribution in [0.5, 0.6) is 0 Å². The maximum Gasteiger partial charge on any atom is 0.259 e. The predicted molar refractivity (Wildman–Crippen MR) is 133 cm³/mol. The van der Waals surface area contributed by atoms with Gasteiger partial charge in [-0.2, -0.15) is 0 Å². The highest BCUT2D eigenvalue weighted by Crippen LogP contribution is 2.18. The summed E-state index contributed by atoms with van der Waals surface area (Å²) in [6.45, 7) is 6.13. The molecule has 1 aromatic carbocycles. The van der Waals surface area contributed by atoms with E-state index in [1.54, 1.807) is 17.8 Å². The summed E-state index contributed by atoms with van der Waals surface area (Å²) in [5.74, 6) is 0.319. The Morgan fingerprint density at radius 3 is 2.69 bits per heavy atom. The van der Waals surface area contributed by atoms with E-state index in [1.165, 1.54) is 23.4 Å². The number of aromatic nitrogens is 2. The van der Waals surface area contributed by atoms with Gasteiger partial charge in [0.15, 0.2) is 0 Å². The third-order valence-electron chi connectivity index (χ3n) is 5.59. The third kappa shape index (κ3) is 5.22. The minimum Gasteiger partial charge on any atom is -0.464 e. The van der Waals surface area contributed by atoms with Crippen LogP contribution >= 0.6 is 0 Å². The van der Waals surface area contributed by atoms with Crippen LogP contribution in [0.1, 0.15) is 37.8 Å². The SMILES string of the molecule is C=CCNC(=O)c1cn(Cc2ccc(C)o2)cc(C(=O)N(C)Cc2cccc3ncccc23)c1=O. The van der Waals surface area contributed by atoms with Gasteiger partial charge in [0.1, 0.15) is 22.6 Å². The fourth-order valence-electron chi connectivity index (χ4n) is 3.88.